The number of hydrogen-bond donors (Lipinski definition) is 1. The molecule has 0 spiro atoms. The van der Waals surface area contributed by atoms with E-state index < -0.39 is 11.9 Å². The Kier molecular flexibility index (Phi) is 7.11. The quantitative estimate of drug-likeness (QED) is 0.582. The van der Waals surface area contributed by atoms with Gasteiger partial charge in [-0.05, 0) is 18.1 Å². The summed E-state index contributed by atoms with van der Waals surface area (Å²) < 4.78 is 4.72. The fourth-order valence-electron chi connectivity index (χ4n) is 2.30. The van der Waals surface area contributed by atoms with Crippen LogP contribution in [0.5, 0.6) is 0 Å². The Labute approximate surface area is 145 Å². The Morgan fingerprint density at radius 1 is 1.33 bits per heavy atom. The first-order valence-corrected chi connectivity index (χ1v) is 6.38. The van der Waals surface area contributed by atoms with E-state index in [1.54, 1.807) is 6.20 Å². The average Bonchev–Trinajstić information content (AvgIpc) is 2.82. The molecule has 0 bridgehead atoms. The summed E-state index contributed by atoms with van der Waals surface area (Å²) in [7, 11) is 1.41. The molecule has 0 saturated carbocycles. The molecular formula is C15H16NNaO4. The molecule has 106 valence electrons. The van der Waals surface area contributed by atoms with Crippen LogP contribution in [0.1, 0.15) is 12.0 Å². The maximum atomic E-state index is 11.5. The van der Waals surface area contributed by atoms with Crippen molar-refractivity contribution in [2.45, 2.75) is 12.8 Å². The van der Waals surface area contributed by atoms with Crippen molar-refractivity contribution >= 4 is 22.7 Å². The molecule has 0 aliphatic rings. The number of ketones is 1. The van der Waals surface area contributed by atoms with Gasteiger partial charge in [0.1, 0.15) is 6.61 Å². The van der Waals surface area contributed by atoms with Crippen molar-refractivity contribution in [3.05, 3.63) is 36.0 Å². The molecule has 0 aliphatic heterocycles. The number of methoxy groups -OCH3 is 1. The first-order valence-electron chi connectivity index (χ1n) is 6.38. The molecule has 1 aromatic heterocycles. The Morgan fingerprint density at radius 2 is 2.05 bits per heavy atom. The number of carbonyl (C=O) groups excluding carboxylic acids is 2. The largest absolute Gasteiger partial charge is 1.00 e. The zero-order valence-corrected chi connectivity index (χ0v) is 14.2. The molecule has 0 saturated heterocycles. The second kappa shape index (κ2) is 8.34. The van der Waals surface area contributed by atoms with Gasteiger partial charge in [0.15, 0.2) is 5.78 Å². The Hall–Kier alpha value is -1.14. The minimum Gasteiger partial charge on any atom is -0.550 e. The predicted molar refractivity (Wildman–Crippen MR) is 72.0 cm³/mol. The summed E-state index contributed by atoms with van der Waals surface area (Å²) >= 11 is 0. The van der Waals surface area contributed by atoms with Gasteiger partial charge in [-0.1, -0.05) is 18.2 Å². The molecular weight excluding hydrogens is 281 g/mol. The molecule has 2 rings (SSSR count). The summed E-state index contributed by atoms with van der Waals surface area (Å²) in [6.07, 6.45) is 1.97. The molecule has 1 heterocycles. The van der Waals surface area contributed by atoms with E-state index in [1.165, 1.54) is 7.11 Å². The number of carboxylic acids is 1. The molecule has 21 heavy (non-hydrogen) atoms. The van der Waals surface area contributed by atoms with E-state index in [9.17, 15) is 14.7 Å². The number of aliphatic carboxylic acids is 1. The van der Waals surface area contributed by atoms with Gasteiger partial charge in [-0.2, -0.15) is 0 Å². The number of hydrogen-bond acceptors (Lipinski definition) is 4. The number of carboxylic acid groups (broad SMARTS) is 1. The summed E-state index contributed by atoms with van der Waals surface area (Å²) in [4.78, 5) is 25.8. The third kappa shape index (κ3) is 4.68. The van der Waals surface area contributed by atoms with Crippen LogP contribution in [0.2, 0.25) is 0 Å². The summed E-state index contributed by atoms with van der Waals surface area (Å²) in [5.41, 5.74) is 1.82. The van der Waals surface area contributed by atoms with Crippen molar-refractivity contribution < 1.29 is 49.0 Å². The van der Waals surface area contributed by atoms with Gasteiger partial charge in [-0.15, -0.1) is 0 Å². The maximum Gasteiger partial charge on any atom is 1.00 e. The van der Waals surface area contributed by atoms with Crippen molar-refractivity contribution in [3.8, 4) is 0 Å². The van der Waals surface area contributed by atoms with Gasteiger partial charge in [-0.25, -0.2) is 0 Å². The zero-order valence-electron chi connectivity index (χ0n) is 12.2. The molecule has 0 radical (unpaired) electrons. The Balaban J connectivity index is 0.00000220. The number of ether oxygens (including phenoxy) is 1. The van der Waals surface area contributed by atoms with Gasteiger partial charge in [0.05, 0.1) is 0 Å². The minimum absolute atomic E-state index is 0. The van der Waals surface area contributed by atoms with Crippen LogP contribution in [0.4, 0.5) is 0 Å². The van der Waals surface area contributed by atoms with E-state index in [1.807, 2.05) is 24.3 Å². The van der Waals surface area contributed by atoms with Crippen LogP contribution in [0.3, 0.4) is 0 Å². The van der Waals surface area contributed by atoms with E-state index in [2.05, 4.69) is 4.98 Å². The van der Waals surface area contributed by atoms with Gasteiger partial charge in [0.25, 0.3) is 0 Å². The second-order valence-electron chi connectivity index (χ2n) is 4.76. The van der Waals surface area contributed by atoms with Crippen LogP contribution in [-0.4, -0.2) is 30.5 Å². The van der Waals surface area contributed by atoms with Gasteiger partial charge in [0, 0.05) is 42.5 Å². The van der Waals surface area contributed by atoms with Crippen molar-refractivity contribution in [2.24, 2.45) is 5.92 Å². The van der Waals surface area contributed by atoms with E-state index in [-0.39, 0.29) is 54.8 Å². The van der Waals surface area contributed by atoms with Crippen molar-refractivity contribution in [1.29, 1.82) is 0 Å². The number of fused-ring (bicyclic) bond motifs is 1. The van der Waals surface area contributed by atoms with E-state index in [0.717, 1.165) is 16.5 Å². The first kappa shape index (κ1) is 17.9. The molecule has 1 atom stereocenters. The molecule has 1 N–H and O–H groups in total. The predicted octanol–water partition coefficient (Wildman–Crippen LogP) is -2.31. The van der Waals surface area contributed by atoms with E-state index in [4.69, 9.17) is 4.74 Å². The number of carbonyl (C=O) groups is 2. The number of nitrogens with one attached hydrogen (secondary N) is 1. The van der Waals surface area contributed by atoms with E-state index in [0.29, 0.717) is 0 Å². The summed E-state index contributed by atoms with van der Waals surface area (Å²) in [5, 5.41) is 12.2. The zero-order chi connectivity index (χ0) is 14.5. The minimum atomic E-state index is -1.21. The monoisotopic (exact) mass is 297 g/mol. The first-order chi connectivity index (χ1) is 9.61. The fourth-order valence-corrected chi connectivity index (χ4v) is 2.30. The molecule has 0 amide bonds. The smallest absolute Gasteiger partial charge is 0.550 e. The molecule has 0 aliphatic carbocycles. The van der Waals surface area contributed by atoms with Crippen LogP contribution < -0.4 is 34.7 Å². The molecule has 1 unspecified atom stereocenters. The van der Waals surface area contributed by atoms with Crippen molar-refractivity contribution in [2.75, 3.05) is 13.7 Å². The van der Waals surface area contributed by atoms with Gasteiger partial charge in [0.2, 0.25) is 0 Å². The second-order valence-corrected chi connectivity index (χ2v) is 4.76. The Morgan fingerprint density at radius 3 is 2.71 bits per heavy atom. The maximum absolute atomic E-state index is 11.5. The van der Waals surface area contributed by atoms with Crippen LogP contribution >= 0.6 is 0 Å². The molecule has 2 aromatic rings. The van der Waals surface area contributed by atoms with Gasteiger partial charge in [-0.3, -0.25) is 4.79 Å². The SMILES string of the molecule is COCC(=O)CC(Cc1c[nH]c2ccccc12)C(=O)[O-].[Na+]. The fraction of sp³-hybridized carbons (Fsp3) is 0.333. The molecule has 0 fully saturated rings. The summed E-state index contributed by atoms with van der Waals surface area (Å²) in [5.74, 6) is -2.28. The standard InChI is InChI=1S/C15H17NO4.Na/c1-20-9-12(17)7-10(15(18)19)6-11-8-16-14-5-3-2-4-13(11)14;/h2-5,8,10,16H,6-7,9H2,1H3,(H,18,19);/q;+1/p-1. The molecule has 6 heteroatoms. The van der Waals surface area contributed by atoms with Crippen LogP contribution in [-0.2, 0) is 20.7 Å². The van der Waals surface area contributed by atoms with Crippen molar-refractivity contribution in [3.63, 3.8) is 0 Å². The van der Waals surface area contributed by atoms with Gasteiger partial charge >= 0.3 is 29.6 Å². The number of Topliss-reactive ketones (excluding diaryl/α,β-unsaturated/α-hetero) is 1. The number of rotatable bonds is 7. The van der Waals surface area contributed by atoms with Gasteiger partial charge < -0.3 is 19.6 Å². The van der Waals surface area contributed by atoms with E-state index >= 15 is 0 Å². The van der Waals surface area contributed by atoms with Crippen molar-refractivity contribution in [1.82, 2.24) is 4.98 Å². The third-order valence-corrected chi connectivity index (χ3v) is 3.25. The number of aromatic amines is 1. The topological polar surface area (TPSA) is 82.2 Å². The normalized spacial score (nSPS) is 11.9. The number of aromatic nitrogens is 1. The van der Waals surface area contributed by atoms with Crippen LogP contribution in [0.25, 0.3) is 10.9 Å². The summed E-state index contributed by atoms with van der Waals surface area (Å²) in [6.45, 7) is -0.0718. The molecule has 5 nitrogen and oxygen atoms in total. The number of H-pyrrole nitrogens is 1. The van der Waals surface area contributed by atoms with Crippen LogP contribution in [0, 0.1) is 5.92 Å². The summed E-state index contributed by atoms with van der Waals surface area (Å²) in [6, 6.07) is 7.64. The Bertz CT molecular complexity index is 623. The average molecular weight is 297 g/mol. The molecule has 1 aromatic carbocycles. The third-order valence-electron chi connectivity index (χ3n) is 3.25. The van der Waals surface area contributed by atoms with Crippen LogP contribution in [0.15, 0.2) is 30.5 Å². The number of benzene rings is 1. The number of para-hydroxylation sites is 1.